The number of aryl methyl sites for hydroxylation is 2. The van der Waals surface area contributed by atoms with Crippen molar-refractivity contribution in [1.82, 2.24) is 9.97 Å². The van der Waals surface area contributed by atoms with Gasteiger partial charge in [-0.1, -0.05) is 23.7 Å². The number of fused-ring (bicyclic) bond motifs is 1. The van der Waals surface area contributed by atoms with Crippen molar-refractivity contribution < 1.29 is 0 Å². The topological polar surface area (TPSA) is 50.2 Å². The van der Waals surface area contributed by atoms with Gasteiger partial charge in [0.25, 0.3) is 0 Å². The van der Waals surface area contributed by atoms with E-state index in [1.54, 1.807) is 0 Å². The number of halogens is 1. The molecule has 4 nitrogen and oxygen atoms in total. The van der Waals surface area contributed by atoms with Crippen LogP contribution >= 0.6 is 11.6 Å². The van der Waals surface area contributed by atoms with Crippen LogP contribution in [0.3, 0.4) is 0 Å². The Labute approximate surface area is 151 Å². The van der Waals surface area contributed by atoms with Crippen LogP contribution < -0.4 is 5.32 Å². The van der Waals surface area contributed by atoms with Crippen molar-refractivity contribution in [2.45, 2.75) is 20.3 Å². The lowest BCUT2D eigenvalue weighted by Crippen LogP contribution is -2.03. The first-order chi connectivity index (χ1) is 12.1. The zero-order valence-electron chi connectivity index (χ0n) is 14.0. The van der Waals surface area contributed by atoms with Gasteiger partial charge in [0.15, 0.2) is 5.82 Å². The number of rotatable bonds is 3. The largest absolute Gasteiger partial charge is 0.340 e. The molecule has 25 heavy (non-hydrogen) atoms. The number of aromatic nitrogens is 2. The molecule has 2 aromatic heterocycles. The maximum absolute atomic E-state index is 6.43. The van der Waals surface area contributed by atoms with E-state index in [9.17, 15) is 0 Å². The summed E-state index contributed by atoms with van der Waals surface area (Å²) in [4.78, 5) is 13.4. The molecule has 5 heteroatoms. The normalized spacial score (nSPS) is 12.7. The number of benzene rings is 1. The standard InChI is InChI=1S/C20H17ClN4/c1-12-3-6-19(22-10-12)24-15-4-5-17(21)16(9-15)18-8-14-7-13(2)11-23-20(14)25-18/h3-7,9-11H,8H2,1-2H3,(H,22,24). The number of nitrogens with one attached hydrogen (secondary N) is 1. The van der Waals surface area contributed by atoms with Crippen LogP contribution in [0.25, 0.3) is 0 Å². The van der Waals surface area contributed by atoms with Gasteiger partial charge in [-0.05, 0) is 49.2 Å². The first-order valence-electron chi connectivity index (χ1n) is 8.11. The van der Waals surface area contributed by atoms with Crippen molar-refractivity contribution in [2.24, 2.45) is 4.99 Å². The summed E-state index contributed by atoms with van der Waals surface area (Å²) in [7, 11) is 0. The first-order valence-corrected chi connectivity index (χ1v) is 8.49. The molecule has 0 aliphatic carbocycles. The molecule has 1 N–H and O–H groups in total. The molecule has 3 aromatic rings. The van der Waals surface area contributed by atoms with Crippen molar-refractivity contribution >= 4 is 34.6 Å². The molecule has 0 fully saturated rings. The Bertz CT molecular complexity index is 977. The molecule has 0 spiro atoms. The minimum atomic E-state index is 0.686. The quantitative estimate of drug-likeness (QED) is 0.710. The summed E-state index contributed by atoms with van der Waals surface area (Å²) >= 11 is 6.43. The van der Waals surface area contributed by atoms with Crippen LogP contribution in [-0.4, -0.2) is 15.7 Å². The third-order valence-corrected chi connectivity index (χ3v) is 4.47. The molecular weight excluding hydrogens is 332 g/mol. The van der Waals surface area contributed by atoms with Gasteiger partial charge in [-0.25, -0.2) is 15.0 Å². The molecule has 4 rings (SSSR count). The van der Waals surface area contributed by atoms with Crippen LogP contribution in [0.1, 0.15) is 22.3 Å². The number of aliphatic imine (C=N–C) groups is 1. The molecule has 0 amide bonds. The van der Waals surface area contributed by atoms with Crippen molar-refractivity contribution in [3.05, 3.63) is 76.1 Å². The summed E-state index contributed by atoms with van der Waals surface area (Å²) in [5.41, 5.74) is 6.21. The monoisotopic (exact) mass is 348 g/mol. The Balaban J connectivity index is 1.64. The lowest BCUT2D eigenvalue weighted by Gasteiger charge is -2.10. The van der Waals surface area contributed by atoms with Gasteiger partial charge < -0.3 is 5.32 Å². The van der Waals surface area contributed by atoms with Gasteiger partial charge >= 0.3 is 0 Å². The van der Waals surface area contributed by atoms with Gasteiger partial charge in [0.05, 0.1) is 5.71 Å². The highest BCUT2D eigenvalue weighted by Crippen LogP contribution is 2.31. The highest BCUT2D eigenvalue weighted by molar-refractivity contribution is 6.34. The predicted molar refractivity (Wildman–Crippen MR) is 103 cm³/mol. The number of hydrogen-bond acceptors (Lipinski definition) is 4. The summed E-state index contributed by atoms with van der Waals surface area (Å²) < 4.78 is 0. The Morgan fingerprint density at radius 2 is 1.80 bits per heavy atom. The van der Waals surface area contributed by atoms with E-state index in [0.29, 0.717) is 5.02 Å². The average molecular weight is 349 g/mol. The smallest absolute Gasteiger partial charge is 0.155 e. The van der Waals surface area contributed by atoms with Gasteiger partial charge in [-0.15, -0.1) is 0 Å². The van der Waals surface area contributed by atoms with Crippen LogP contribution in [0.2, 0.25) is 5.02 Å². The fourth-order valence-corrected chi connectivity index (χ4v) is 3.10. The molecule has 0 saturated carbocycles. The van der Waals surface area contributed by atoms with Gasteiger partial charge in [-0.3, -0.25) is 0 Å². The fourth-order valence-electron chi connectivity index (χ4n) is 2.87. The molecule has 1 aromatic carbocycles. The van der Waals surface area contributed by atoms with Gasteiger partial charge in [0.1, 0.15) is 5.82 Å². The van der Waals surface area contributed by atoms with E-state index in [-0.39, 0.29) is 0 Å². The minimum absolute atomic E-state index is 0.686. The number of pyridine rings is 2. The summed E-state index contributed by atoms with van der Waals surface area (Å²) in [6.07, 6.45) is 4.43. The number of nitrogens with zero attached hydrogens (tertiary/aromatic N) is 3. The molecule has 0 atom stereocenters. The maximum atomic E-state index is 6.43. The predicted octanol–water partition coefficient (Wildman–Crippen LogP) is 5.17. The highest BCUT2D eigenvalue weighted by atomic mass is 35.5. The molecule has 1 aliphatic rings. The summed E-state index contributed by atoms with van der Waals surface area (Å²) in [5, 5.41) is 4.00. The van der Waals surface area contributed by atoms with Crippen molar-refractivity contribution in [3.63, 3.8) is 0 Å². The van der Waals surface area contributed by atoms with E-state index < -0.39 is 0 Å². The fraction of sp³-hybridized carbons (Fsp3) is 0.150. The summed E-state index contributed by atoms with van der Waals surface area (Å²) in [5.74, 6) is 1.59. The zero-order chi connectivity index (χ0) is 17.4. The lowest BCUT2D eigenvalue weighted by atomic mass is 10.0. The summed E-state index contributed by atoms with van der Waals surface area (Å²) in [6.45, 7) is 4.06. The molecule has 0 saturated heterocycles. The first kappa shape index (κ1) is 15.8. The van der Waals surface area contributed by atoms with Crippen LogP contribution in [0.5, 0.6) is 0 Å². The average Bonchev–Trinajstić information content (AvgIpc) is 3.01. The molecular formula is C20H17ClN4. The van der Waals surface area contributed by atoms with E-state index in [2.05, 4.69) is 26.3 Å². The molecule has 3 heterocycles. The highest BCUT2D eigenvalue weighted by Gasteiger charge is 2.19. The second-order valence-electron chi connectivity index (χ2n) is 6.27. The maximum Gasteiger partial charge on any atom is 0.155 e. The molecule has 1 aliphatic heterocycles. The third kappa shape index (κ3) is 3.26. The molecule has 124 valence electrons. The second kappa shape index (κ2) is 6.30. The van der Waals surface area contributed by atoms with Crippen molar-refractivity contribution in [3.8, 4) is 0 Å². The molecule has 0 bridgehead atoms. The van der Waals surface area contributed by atoms with Gasteiger partial charge in [-0.2, -0.15) is 0 Å². The minimum Gasteiger partial charge on any atom is -0.340 e. The van der Waals surface area contributed by atoms with Crippen LogP contribution in [-0.2, 0) is 6.42 Å². The number of hydrogen-bond donors (Lipinski definition) is 1. The summed E-state index contributed by atoms with van der Waals surface area (Å²) in [6, 6.07) is 12.0. The van der Waals surface area contributed by atoms with Crippen LogP contribution in [0, 0.1) is 13.8 Å². The van der Waals surface area contributed by atoms with Gasteiger partial charge in [0.2, 0.25) is 0 Å². The van der Waals surface area contributed by atoms with E-state index in [4.69, 9.17) is 11.6 Å². The Kier molecular flexibility index (Phi) is 3.98. The van der Waals surface area contributed by atoms with Gasteiger partial charge in [0, 0.05) is 40.7 Å². The van der Waals surface area contributed by atoms with Crippen molar-refractivity contribution in [1.29, 1.82) is 0 Å². The van der Waals surface area contributed by atoms with Crippen LogP contribution in [0.4, 0.5) is 17.3 Å². The molecule has 0 radical (unpaired) electrons. The Morgan fingerprint density at radius 3 is 2.60 bits per heavy atom. The van der Waals surface area contributed by atoms with E-state index >= 15 is 0 Å². The van der Waals surface area contributed by atoms with E-state index in [0.717, 1.165) is 51.7 Å². The van der Waals surface area contributed by atoms with E-state index in [1.165, 1.54) is 0 Å². The lowest BCUT2D eigenvalue weighted by molar-refractivity contribution is 1.21. The van der Waals surface area contributed by atoms with Crippen LogP contribution in [0.15, 0.2) is 53.8 Å². The Hall–Kier alpha value is -2.72. The second-order valence-corrected chi connectivity index (χ2v) is 6.68. The Morgan fingerprint density at radius 1 is 0.960 bits per heavy atom. The van der Waals surface area contributed by atoms with E-state index in [1.807, 2.05) is 56.6 Å². The molecule has 0 unspecified atom stereocenters. The van der Waals surface area contributed by atoms with Crippen molar-refractivity contribution in [2.75, 3.05) is 5.32 Å². The number of anilines is 2. The third-order valence-electron chi connectivity index (χ3n) is 4.14. The zero-order valence-corrected chi connectivity index (χ0v) is 14.8. The SMILES string of the molecule is Cc1ccc(Nc2ccc(Cl)c(C3=Nc4ncc(C)cc4C3)c2)nc1.